The normalized spacial score (nSPS) is 19.6. The first-order valence-corrected chi connectivity index (χ1v) is 13.0. The lowest BCUT2D eigenvalue weighted by Gasteiger charge is -2.36. The van der Waals surface area contributed by atoms with E-state index in [1.807, 2.05) is 84.9 Å². The summed E-state index contributed by atoms with van der Waals surface area (Å²) in [6.07, 6.45) is 0.651. The van der Waals surface area contributed by atoms with Gasteiger partial charge in [0.2, 0.25) is 5.91 Å². The van der Waals surface area contributed by atoms with Crippen molar-refractivity contribution in [1.29, 1.82) is 0 Å². The Morgan fingerprint density at radius 2 is 1.55 bits per heavy atom. The molecule has 4 aromatic rings. The monoisotopic (exact) mass is 506 g/mol. The number of carbonyl (C=O) groups excluding carboxylic acids is 3. The number of H-pyrrole nitrogens is 1. The first-order valence-electron chi connectivity index (χ1n) is 13.0. The topological polar surface area (TPSA) is 85.5 Å². The SMILES string of the molecule is C[C@@H](C(=O)NCC(c1ccccc1)c1ccccc1)N1C(=O)N2CCc3c([nH]c4ccccc34)[C@@]2(C)C1=O. The molecule has 2 aliphatic heterocycles. The fourth-order valence-electron chi connectivity index (χ4n) is 6.03. The number of amides is 4. The van der Waals surface area contributed by atoms with Crippen molar-refractivity contribution in [3.05, 3.63) is 107 Å². The van der Waals surface area contributed by atoms with Crippen LogP contribution < -0.4 is 5.32 Å². The van der Waals surface area contributed by atoms with E-state index in [4.69, 9.17) is 0 Å². The van der Waals surface area contributed by atoms with E-state index in [2.05, 4.69) is 10.3 Å². The number of para-hydroxylation sites is 1. The van der Waals surface area contributed by atoms with Gasteiger partial charge in [0.15, 0.2) is 5.54 Å². The minimum Gasteiger partial charge on any atom is -0.356 e. The van der Waals surface area contributed by atoms with Gasteiger partial charge in [0, 0.05) is 29.9 Å². The maximum absolute atomic E-state index is 13.9. The Hall–Kier alpha value is -4.39. The zero-order valence-electron chi connectivity index (χ0n) is 21.5. The van der Waals surface area contributed by atoms with Crippen molar-refractivity contribution in [2.45, 2.75) is 37.8 Å². The Morgan fingerprint density at radius 3 is 2.21 bits per heavy atom. The molecule has 38 heavy (non-hydrogen) atoms. The van der Waals surface area contributed by atoms with E-state index in [1.165, 1.54) is 0 Å². The largest absolute Gasteiger partial charge is 0.356 e. The van der Waals surface area contributed by atoms with Gasteiger partial charge in [0.05, 0.1) is 5.69 Å². The second-order valence-corrected chi connectivity index (χ2v) is 10.3. The van der Waals surface area contributed by atoms with Gasteiger partial charge in [-0.15, -0.1) is 0 Å². The third-order valence-electron chi connectivity index (χ3n) is 8.15. The van der Waals surface area contributed by atoms with Crippen LogP contribution in [0.25, 0.3) is 10.9 Å². The lowest BCUT2D eigenvalue weighted by molar-refractivity contribution is -0.139. The molecule has 192 valence electrons. The van der Waals surface area contributed by atoms with Gasteiger partial charge in [-0.2, -0.15) is 0 Å². The number of urea groups is 1. The number of aromatic nitrogens is 1. The third kappa shape index (κ3) is 3.61. The van der Waals surface area contributed by atoms with Crippen molar-refractivity contribution in [2.24, 2.45) is 0 Å². The first kappa shape index (κ1) is 24.0. The number of carbonyl (C=O) groups is 3. The molecule has 2 N–H and O–H groups in total. The number of nitrogens with zero attached hydrogens (tertiary/aromatic N) is 2. The highest BCUT2D eigenvalue weighted by atomic mass is 16.2. The highest BCUT2D eigenvalue weighted by Gasteiger charge is 2.60. The molecule has 3 heterocycles. The second-order valence-electron chi connectivity index (χ2n) is 10.3. The van der Waals surface area contributed by atoms with Crippen molar-refractivity contribution in [2.75, 3.05) is 13.1 Å². The van der Waals surface area contributed by atoms with E-state index in [1.54, 1.807) is 18.7 Å². The summed E-state index contributed by atoms with van der Waals surface area (Å²) in [6, 6.07) is 26.6. The summed E-state index contributed by atoms with van der Waals surface area (Å²) in [5, 5.41) is 4.09. The van der Waals surface area contributed by atoms with E-state index < -0.39 is 17.6 Å². The first-order chi connectivity index (χ1) is 18.4. The van der Waals surface area contributed by atoms with E-state index in [9.17, 15) is 14.4 Å². The summed E-state index contributed by atoms with van der Waals surface area (Å²) in [5.74, 6) is -0.791. The van der Waals surface area contributed by atoms with Crippen LogP contribution in [0.4, 0.5) is 4.79 Å². The average molecular weight is 507 g/mol. The Balaban J connectivity index is 1.25. The number of hydrogen-bond acceptors (Lipinski definition) is 3. The van der Waals surface area contributed by atoms with Crippen molar-refractivity contribution < 1.29 is 14.4 Å². The molecule has 0 saturated carbocycles. The molecule has 6 rings (SSSR count). The van der Waals surface area contributed by atoms with Crippen LogP contribution >= 0.6 is 0 Å². The van der Waals surface area contributed by atoms with E-state index in [-0.39, 0.29) is 17.7 Å². The molecule has 0 aliphatic carbocycles. The van der Waals surface area contributed by atoms with Crippen molar-refractivity contribution in [3.8, 4) is 0 Å². The number of rotatable bonds is 6. The van der Waals surface area contributed by atoms with Crippen molar-refractivity contribution in [3.63, 3.8) is 0 Å². The van der Waals surface area contributed by atoms with Gasteiger partial charge in [0.1, 0.15) is 6.04 Å². The Labute approximate surface area is 221 Å². The van der Waals surface area contributed by atoms with Crippen LogP contribution in [0.2, 0.25) is 0 Å². The van der Waals surface area contributed by atoms with Crippen LogP contribution in [0, 0.1) is 0 Å². The summed E-state index contributed by atoms with van der Waals surface area (Å²) < 4.78 is 0. The molecule has 1 saturated heterocycles. The van der Waals surface area contributed by atoms with E-state index >= 15 is 0 Å². The van der Waals surface area contributed by atoms with Crippen LogP contribution in [0.5, 0.6) is 0 Å². The van der Waals surface area contributed by atoms with E-state index in [0.717, 1.165) is 38.2 Å². The van der Waals surface area contributed by atoms with Crippen LogP contribution in [0.15, 0.2) is 84.9 Å². The molecular weight excluding hydrogens is 476 g/mol. The lowest BCUT2D eigenvalue weighted by Crippen LogP contribution is -2.50. The van der Waals surface area contributed by atoms with Gasteiger partial charge in [-0.1, -0.05) is 78.9 Å². The minimum absolute atomic E-state index is 0.0590. The molecule has 3 aromatic carbocycles. The molecule has 0 unspecified atom stereocenters. The lowest BCUT2D eigenvalue weighted by atomic mass is 9.87. The third-order valence-corrected chi connectivity index (χ3v) is 8.15. The summed E-state index contributed by atoms with van der Waals surface area (Å²) in [7, 11) is 0. The Kier molecular flexibility index (Phi) is 5.79. The van der Waals surface area contributed by atoms with Gasteiger partial charge in [-0.25, -0.2) is 9.69 Å². The molecule has 1 aromatic heterocycles. The molecule has 1 fully saturated rings. The molecule has 0 spiro atoms. The molecule has 7 heteroatoms. The van der Waals surface area contributed by atoms with Crippen molar-refractivity contribution >= 4 is 28.7 Å². The predicted molar refractivity (Wildman–Crippen MR) is 146 cm³/mol. The summed E-state index contributed by atoms with van der Waals surface area (Å²) >= 11 is 0. The highest BCUT2D eigenvalue weighted by Crippen LogP contribution is 2.44. The van der Waals surface area contributed by atoms with Gasteiger partial charge in [-0.3, -0.25) is 9.59 Å². The molecule has 0 radical (unpaired) electrons. The fourth-order valence-corrected chi connectivity index (χ4v) is 6.03. The van der Waals surface area contributed by atoms with Crippen LogP contribution in [0.1, 0.15) is 42.1 Å². The predicted octanol–water partition coefficient (Wildman–Crippen LogP) is 4.54. The van der Waals surface area contributed by atoms with Gasteiger partial charge in [0.25, 0.3) is 5.91 Å². The number of aromatic amines is 1. The zero-order chi connectivity index (χ0) is 26.4. The summed E-state index contributed by atoms with van der Waals surface area (Å²) in [5.41, 5.74) is 3.74. The molecular formula is C31H30N4O3. The molecule has 2 aliphatic rings. The quantitative estimate of drug-likeness (QED) is 0.377. The summed E-state index contributed by atoms with van der Waals surface area (Å²) in [4.78, 5) is 47.0. The van der Waals surface area contributed by atoms with Gasteiger partial charge in [-0.05, 0) is 43.0 Å². The summed E-state index contributed by atoms with van der Waals surface area (Å²) in [6.45, 7) is 4.18. The number of nitrogens with one attached hydrogen (secondary N) is 2. The maximum Gasteiger partial charge on any atom is 0.328 e. The zero-order valence-corrected chi connectivity index (χ0v) is 21.5. The second kappa shape index (κ2) is 9.17. The number of fused-ring (bicyclic) bond motifs is 5. The maximum atomic E-state index is 13.9. The fraction of sp³-hybridized carbons (Fsp3) is 0.258. The number of benzene rings is 3. The van der Waals surface area contributed by atoms with Crippen LogP contribution in [0.3, 0.4) is 0 Å². The van der Waals surface area contributed by atoms with Gasteiger partial charge >= 0.3 is 6.03 Å². The van der Waals surface area contributed by atoms with Gasteiger partial charge < -0.3 is 15.2 Å². The standard InChI is InChI=1S/C31H30N4O3/c1-20(28(36)32-19-25(21-11-5-3-6-12-21)22-13-7-4-8-14-22)35-29(37)31(2)27-24(17-18-34(31)30(35)38)23-15-9-10-16-26(23)33-27/h3-16,20,25,33H,17-19H2,1-2H3,(H,32,36)/t20-,31-/m0/s1. The smallest absolute Gasteiger partial charge is 0.328 e. The number of hydrogen-bond donors (Lipinski definition) is 2. The Bertz CT molecular complexity index is 1490. The van der Waals surface area contributed by atoms with Crippen molar-refractivity contribution in [1.82, 2.24) is 20.1 Å². The molecule has 2 atom stereocenters. The average Bonchev–Trinajstić information content (AvgIpc) is 3.42. The molecule has 0 bridgehead atoms. The molecule has 4 amide bonds. The molecule has 7 nitrogen and oxygen atoms in total. The van der Waals surface area contributed by atoms with Crippen LogP contribution in [-0.2, 0) is 21.5 Å². The Morgan fingerprint density at radius 1 is 0.947 bits per heavy atom. The van der Waals surface area contributed by atoms with Crippen LogP contribution in [-0.4, -0.2) is 51.8 Å². The minimum atomic E-state index is -1.17. The number of imide groups is 1. The van der Waals surface area contributed by atoms with E-state index in [0.29, 0.717) is 19.5 Å². The highest BCUT2D eigenvalue weighted by molar-refractivity contribution is 6.10.